The number of tetrazole rings is 1. The van der Waals surface area contributed by atoms with Crippen molar-refractivity contribution in [3.63, 3.8) is 0 Å². The number of nitrogens with one attached hydrogen (secondary N) is 1. The molecule has 5 heteroatoms. The predicted octanol–water partition coefficient (Wildman–Crippen LogP) is 0.830. The number of hydrogen-bond donors (Lipinski definition) is 1. The zero-order valence-electron chi connectivity index (χ0n) is 7.69. The van der Waals surface area contributed by atoms with Gasteiger partial charge in [0.25, 0.3) is 0 Å². The Kier molecular flexibility index (Phi) is 1.24. The van der Waals surface area contributed by atoms with Crippen molar-refractivity contribution in [2.75, 3.05) is 11.9 Å². The Hall–Kier alpha value is -1.13. The molecule has 70 valence electrons. The van der Waals surface area contributed by atoms with Crippen LogP contribution in [0.3, 0.4) is 0 Å². The summed E-state index contributed by atoms with van der Waals surface area (Å²) in [7, 11) is 0. The van der Waals surface area contributed by atoms with Gasteiger partial charge in [-0.15, -0.1) is 0 Å². The van der Waals surface area contributed by atoms with Gasteiger partial charge in [0.05, 0.1) is 6.04 Å². The predicted molar refractivity (Wildman–Crippen MR) is 47.3 cm³/mol. The van der Waals surface area contributed by atoms with Crippen molar-refractivity contribution >= 4 is 5.95 Å². The maximum Gasteiger partial charge on any atom is 0.243 e. The lowest BCUT2D eigenvalue weighted by atomic mass is 9.95. The Morgan fingerprint density at radius 2 is 2.38 bits per heavy atom. The summed E-state index contributed by atoms with van der Waals surface area (Å²) < 4.78 is 1.95. The molecule has 1 unspecified atom stereocenters. The monoisotopic (exact) mass is 179 g/mol. The van der Waals surface area contributed by atoms with Crippen LogP contribution in [-0.2, 0) is 0 Å². The molecule has 0 amide bonds. The lowest BCUT2D eigenvalue weighted by Crippen LogP contribution is -2.29. The molecular formula is C8H13N5. The first-order valence-electron chi connectivity index (χ1n) is 4.81. The van der Waals surface area contributed by atoms with E-state index < -0.39 is 0 Å². The van der Waals surface area contributed by atoms with Gasteiger partial charge in [0, 0.05) is 6.54 Å². The van der Waals surface area contributed by atoms with Crippen LogP contribution in [0.5, 0.6) is 0 Å². The van der Waals surface area contributed by atoms with Gasteiger partial charge in [-0.3, -0.25) is 0 Å². The zero-order chi connectivity index (χ0) is 8.89. The molecule has 0 radical (unpaired) electrons. The van der Waals surface area contributed by atoms with E-state index in [4.69, 9.17) is 0 Å². The zero-order valence-corrected chi connectivity index (χ0v) is 7.69. The smallest absolute Gasteiger partial charge is 0.243 e. The minimum atomic E-state index is 0.465. The fourth-order valence-electron chi connectivity index (χ4n) is 2.14. The van der Waals surface area contributed by atoms with Crippen LogP contribution in [0.4, 0.5) is 5.95 Å². The van der Waals surface area contributed by atoms with Crippen molar-refractivity contribution in [1.29, 1.82) is 0 Å². The molecule has 2 heterocycles. The van der Waals surface area contributed by atoms with Crippen LogP contribution in [0.25, 0.3) is 0 Å². The van der Waals surface area contributed by atoms with Gasteiger partial charge in [0.15, 0.2) is 0 Å². The van der Waals surface area contributed by atoms with Gasteiger partial charge in [0.1, 0.15) is 0 Å². The van der Waals surface area contributed by atoms with E-state index in [1.165, 1.54) is 12.8 Å². The molecule has 3 rings (SSSR count). The highest BCUT2D eigenvalue weighted by atomic mass is 15.6. The molecule has 1 fully saturated rings. The summed E-state index contributed by atoms with van der Waals surface area (Å²) >= 11 is 0. The molecule has 5 nitrogen and oxygen atoms in total. The average Bonchev–Trinajstić information content (AvgIpc) is 2.72. The quantitative estimate of drug-likeness (QED) is 0.693. The average molecular weight is 179 g/mol. The van der Waals surface area contributed by atoms with Crippen LogP contribution >= 0.6 is 0 Å². The molecule has 0 saturated heterocycles. The second kappa shape index (κ2) is 2.21. The molecule has 1 aromatic heterocycles. The van der Waals surface area contributed by atoms with Gasteiger partial charge in [-0.05, 0) is 35.1 Å². The number of fused-ring (bicyclic) bond motifs is 1. The lowest BCUT2D eigenvalue weighted by molar-refractivity contribution is 0.280. The third-order valence-electron chi connectivity index (χ3n) is 3.33. The second-order valence-electron chi connectivity index (χ2n) is 4.33. The van der Waals surface area contributed by atoms with E-state index in [0.717, 1.165) is 18.9 Å². The Balaban J connectivity index is 2.00. The van der Waals surface area contributed by atoms with Crippen LogP contribution in [-0.4, -0.2) is 26.8 Å². The molecule has 1 atom stereocenters. The number of aromatic nitrogens is 4. The van der Waals surface area contributed by atoms with Crippen LogP contribution in [0, 0.1) is 5.41 Å². The van der Waals surface area contributed by atoms with Crippen LogP contribution in [0.15, 0.2) is 0 Å². The van der Waals surface area contributed by atoms with E-state index in [2.05, 4.69) is 27.8 Å². The van der Waals surface area contributed by atoms with E-state index in [1.54, 1.807) is 0 Å². The molecule has 1 aliphatic carbocycles. The van der Waals surface area contributed by atoms with E-state index >= 15 is 0 Å². The molecule has 0 spiro atoms. The SMILES string of the molecule is CC1(C2CCNc3nnnn32)CC1. The molecule has 1 N–H and O–H groups in total. The molecule has 1 saturated carbocycles. The Morgan fingerprint density at radius 3 is 3.15 bits per heavy atom. The van der Waals surface area contributed by atoms with Gasteiger partial charge >= 0.3 is 0 Å². The van der Waals surface area contributed by atoms with Crippen molar-refractivity contribution < 1.29 is 0 Å². The largest absolute Gasteiger partial charge is 0.353 e. The molecule has 0 aromatic carbocycles. The van der Waals surface area contributed by atoms with E-state index in [-0.39, 0.29) is 0 Å². The summed E-state index contributed by atoms with van der Waals surface area (Å²) in [6.45, 7) is 3.33. The van der Waals surface area contributed by atoms with Crippen LogP contribution in [0.1, 0.15) is 32.2 Å². The fraction of sp³-hybridized carbons (Fsp3) is 0.875. The highest BCUT2D eigenvalue weighted by molar-refractivity contribution is 5.26. The van der Waals surface area contributed by atoms with Crippen molar-refractivity contribution in [3.05, 3.63) is 0 Å². The highest BCUT2D eigenvalue weighted by Crippen LogP contribution is 2.55. The minimum Gasteiger partial charge on any atom is -0.353 e. The van der Waals surface area contributed by atoms with Crippen molar-refractivity contribution in [2.45, 2.75) is 32.2 Å². The number of hydrogen-bond acceptors (Lipinski definition) is 4. The Morgan fingerprint density at radius 1 is 1.54 bits per heavy atom. The first-order valence-corrected chi connectivity index (χ1v) is 4.81. The Labute approximate surface area is 76.5 Å². The summed E-state index contributed by atoms with van der Waals surface area (Å²) in [4.78, 5) is 0. The van der Waals surface area contributed by atoms with E-state index in [0.29, 0.717) is 11.5 Å². The van der Waals surface area contributed by atoms with E-state index in [9.17, 15) is 0 Å². The number of rotatable bonds is 1. The topological polar surface area (TPSA) is 55.6 Å². The second-order valence-corrected chi connectivity index (χ2v) is 4.33. The van der Waals surface area contributed by atoms with Crippen LogP contribution in [0.2, 0.25) is 0 Å². The summed E-state index contributed by atoms with van der Waals surface area (Å²) in [6, 6.07) is 0.513. The van der Waals surface area contributed by atoms with Crippen LogP contribution < -0.4 is 5.32 Å². The summed E-state index contributed by atoms with van der Waals surface area (Å²) in [5.41, 5.74) is 0.465. The third kappa shape index (κ3) is 0.959. The van der Waals surface area contributed by atoms with Gasteiger partial charge in [-0.25, -0.2) is 4.68 Å². The standard InChI is InChI=1S/C8H13N5/c1-8(3-4-8)6-2-5-9-7-10-11-12-13(6)7/h6H,2-5H2,1H3,(H,9,10,12). The highest BCUT2D eigenvalue weighted by Gasteiger charge is 2.47. The van der Waals surface area contributed by atoms with Gasteiger partial charge in [-0.2, -0.15) is 0 Å². The molecular weight excluding hydrogens is 166 g/mol. The molecule has 1 aromatic rings. The lowest BCUT2D eigenvalue weighted by Gasteiger charge is -2.28. The molecule has 13 heavy (non-hydrogen) atoms. The minimum absolute atomic E-state index is 0.465. The summed E-state index contributed by atoms with van der Waals surface area (Å²) in [6.07, 6.45) is 3.78. The summed E-state index contributed by atoms with van der Waals surface area (Å²) in [5, 5.41) is 14.9. The fourth-order valence-corrected chi connectivity index (χ4v) is 2.14. The van der Waals surface area contributed by atoms with E-state index in [1.807, 2.05) is 4.68 Å². The normalized spacial score (nSPS) is 29.2. The van der Waals surface area contributed by atoms with Crippen molar-refractivity contribution in [2.24, 2.45) is 5.41 Å². The van der Waals surface area contributed by atoms with Gasteiger partial charge < -0.3 is 5.32 Å². The number of anilines is 1. The van der Waals surface area contributed by atoms with Gasteiger partial charge in [0.2, 0.25) is 5.95 Å². The first-order chi connectivity index (χ1) is 6.30. The number of nitrogens with zero attached hydrogens (tertiary/aromatic N) is 4. The maximum absolute atomic E-state index is 4.04. The third-order valence-corrected chi connectivity index (χ3v) is 3.33. The summed E-state index contributed by atoms with van der Waals surface area (Å²) in [5.74, 6) is 0.837. The molecule has 0 bridgehead atoms. The van der Waals surface area contributed by atoms with Crippen molar-refractivity contribution in [3.8, 4) is 0 Å². The molecule has 1 aliphatic heterocycles. The van der Waals surface area contributed by atoms with Crippen molar-refractivity contribution in [1.82, 2.24) is 20.2 Å². The van der Waals surface area contributed by atoms with Gasteiger partial charge in [-0.1, -0.05) is 12.0 Å². The molecule has 2 aliphatic rings. The first kappa shape index (κ1) is 7.29. The maximum atomic E-state index is 4.04. The Bertz CT molecular complexity index is 327.